The van der Waals surface area contributed by atoms with Gasteiger partial charge in [0, 0.05) is 5.56 Å². The Kier molecular flexibility index (Phi) is 8.28. The van der Waals surface area contributed by atoms with Crippen molar-refractivity contribution in [3.8, 4) is 5.75 Å². The Morgan fingerprint density at radius 1 is 1.09 bits per heavy atom. The van der Waals surface area contributed by atoms with Gasteiger partial charge < -0.3 is 24.6 Å². The minimum atomic E-state index is -1.01. The highest BCUT2D eigenvalue weighted by molar-refractivity contribution is 6.02. The fourth-order valence-corrected chi connectivity index (χ4v) is 1.65. The summed E-state index contributed by atoms with van der Waals surface area (Å²) in [6.45, 7) is 3.20. The van der Waals surface area contributed by atoms with Crippen molar-refractivity contribution in [2.45, 2.75) is 19.4 Å². The SMILES string of the molecule is CC(C)(OCCO)C(=O)c1ccc(O/C=C/OOCCO)cc1. The van der Waals surface area contributed by atoms with Gasteiger partial charge in [-0.2, -0.15) is 4.89 Å². The zero-order valence-corrected chi connectivity index (χ0v) is 13.2. The number of carbonyl (C=O) groups is 1. The molecule has 1 aromatic rings. The highest BCUT2D eigenvalue weighted by atomic mass is 17.2. The van der Waals surface area contributed by atoms with Gasteiger partial charge in [0.2, 0.25) is 0 Å². The van der Waals surface area contributed by atoms with E-state index in [0.29, 0.717) is 11.3 Å². The van der Waals surface area contributed by atoms with Crippen molar-refractivity contribution >= 4 is 5.78 Å². The summed E-state index contributed by atoms with van der Waals surface area (Å²) in [5, 5.41) is 17.2. The Hall–Kier alpha value is -1.93. The molecule has 0 atom stereocenters. The third kappa shape index (κ3) is 6.79. The van der Waals surface area contributed by atoms with Crippen molar-refractivity contribution in [3.05, 3.63) is 42.4 Å². The quantitative estimate of drug-likeness (QED) is 0.209. The minimum Gasteiger partial charge on any atom is -0.462 e. The molecule has 0 unspecified atom stereocenters. The number of Topliss-reactive ketones (excluding diaryl/α,β-unsaturated/α-hetero) is 1. The first-order chi connectivity index (χ1) is 11.0. The van der Waals surface area contributed by atoms with Gasteiger partial charge in [-0.15, -0.1) is 0 Å². The fourth-order valence-electron chi connectivity index (χ4n) is 1.65. The first-order valence-corrected chi connectivity index (χ1v) is 7.11. The molecule has 0 radical (unpaired) electrons. The predicted octanol–water partition coefficient (Wildman–Crippen LogP) is 1.45. The Bertz CT molecular complexity index is 494. The lowest BCUT2D eigenvalue weighted by Gasteiger charge is -2.23. The van der Waals surface area contributed by atoms with Gasteiger partial charge in [-0.05, 0) is 38.1 Å². The molecule has 0 heterocycles. The molecule has 2 N–H and O–H groups in total. The summed E-state index contributed by atoms with van der Waals surface area (Å²) in [4.78, 5) is 21.5. The summed E-state index contributed by atoms with van der Waals surface area (Å²) in [5.74, 6) is 0.325. The average molecular weight is 326 g/mol. The number of aliphatic hydroxyl groups excluding tert-OH is 2. The van der Waals surface area contributed by atoms with Crippen molar-refractivity contribution in [3.63, 3.8) is 0 Å². The largest absolute Gasteiger partial charge is 0.462 e. The van der Waals surface area contributed by atoms with Gasteiger partial charge in [-0.3, -0.25) is 4.79 Å². The zero-order chi connectivity index (χ0) is 17.1. The fraction of sp³-hybridized carbons (Fsp3) is 0.438. The molecule has 0 aromatic heterocycles. The van der Waals surface area contributed by atoms with Crippen LogP contribution in [0.2, 0.25) is 0 Å². The number of rotatable bonds is 11. The van der Waals surface area contributed by atoms with E-state index in [1.807, 2.05) is 0 Å². The van der Waals surface area contributed by atoms with Gasteiger partial charge >= 0.3 is 0 Å². The standard InChI is InChI=1S/C16H22O7/c1-16(2,21-9-7-17)15(19)13-3-5-14(6-4-13)20-11-12-23-22-10-8-18/h3-6,11-12,17-18H,7-10H2,1-2H3/b12-11+. The van der Waals surface area contributed by atoms with Crippen LogP contribution in [-0.4, -0.2) is 48.0 Å². The number of hydrogen-bond donors (Lipinski definition) is 2. The molecule has 0 saturated carbocycles. The highest BCUT2D eigenvalue weighted by Gasteiger charge is 2.29. The van der Waals surface area contributed by atoms with E-state index in [-0.39, 0.29) is 32.2 Å². The van der Waals surface area contributed by atoms with E-state index < -0.39 is 5.60 Å². The van der Waals surface area contributed by atoms with E-state index in [1.165, 1.54) is 12.5 Å². The Morgan fingerprint density at radius 3 is 2.35 bits per heavy atom. The molecular weight excluding hydrogens is 304 g/mol. The van der Waals surface area contributed by atoms with Crippen LogP contribution in [0.3, 0.4) is 0 Å². The summed E-state index contributed by atoms with van der Waals surface area (Å²) < 4.78 is 10.6. The summed E-state index contributed by atoms with van der Waals surface area (Å²) in [7, 11) is 0. The number of ether oxygens (including phenoxy) is 2. The van der Waals surface area contributed by atoms with Crippen molar-refractivity contribution in [2.24, 2.45) is 0 Å². The molecule has 1 aromatic carbocycles. The second-order valence-corrected chi connectivity index (χ2v) is 4.97. The van der Waals surface area contributed by atoms with E-state index in [0.717, 1.165) is 0 Å². The first kappa shape index (κ1) is 19.1. The molecule has 0 spiro atoms. The Labute approximate surface area is 135 Å². The van der Waals surface area contributed by atoms with E-state index in [9.17, 15) is 4.79 Å². The molecule has 0 bridgehead atoms. The number of aliphatic hydroxyl groups is 2. The predicted molar refractivity (Wildman–Crippen MR) is 81.8 cm³/mol. The second kappa shape index (κ2) is 9.96. The molecule has 0 aliphatic rings. The summed E-state index contributed by atoms with van der Waals surface area (Å²) in [6.07, 6.45) is 2.45. The van der Waals surface area contributed by atoms with Crippen molar-refractivity contribution < 1.29 is 34.3 Å². The first-order valence-electron chi connectivity index (χ1n) is 7.11. The number of hydrogen-bond acceptors (Lipinski definition) is 7. The van der Waals surface area contributed by atoms with Crippen LogP contribution in [0.5, 0.6) is 5.75 Å². The van der Waals surface area contributed by atoms with Gasteiger partial charge in [-0.1, -0.05) is 0 Å². The molecule has 0 aliphatic carbocycles. The summed E-state index contributed by atoms with van der Waals surface area (Å²) in [6, 6.07) is 6.51. The van der Waals surface area contributed by atoms with Crippen molar-refractivity contribution in [1.82, 2.24) is 0 Å². The zero-order valence-electron chi connectivity index (χ0n) is 13.2. The van der Waals surface area contributed by atoms with Crippen LogP contribution in [0, 0.1) is 0 Å². The third-order valence-corrected chi connectivity index (χ3v) is 2.78. The van der Waals surface area contributed by atoms with Crippen LogP contribution >= 0.6 is 0 Å². The van der Waals surface area contributed by atoms with Gasteiger partial charge in [0.1, 0.15) is 24.2 Å². The monoisotopic (exact) mass is 326 g/mol. The molecular formula is C16H22O7. The highest BCUT2D eigenvalue weighted by Crippen LogP contribution is 2.20. The van der Waals surface area contributed by atoms with E-state index in [2.05, 4.69) is 9.78 Å². The van der Waals surface area contributed by atoms with Gasteiger partial charge in [0.05, 0.1) is 19.8 Å². The molecule has 0 aliphatic heterocycles. The van der Waals surface area contributed by atoms with Gasteiger partial charge in [-0.25, -0.2) is 0 Å². The van der Waals surface area contributed by atoms with Crippen LogP contribution < -0.4 is 4.74 Å². The molecule has 7 nitrogen and oxygen atoms in total. The Balaban J connectivity index is 2.54. The molecule has 0 amide bonds. The molecule has 0 saturated heterocycles. The third-order valence-electron chi connectivity index (χ3n) is 2.78. The van der Waals surface area contributed by atoms with Crippen LogP contribution in [0.15, 0.2) is 36.8 Å². The number of ketones is 1. The normalized spacial score (nSPS) is 11.7. The van der Waals surface area contributed by atoms with Crippen LogP contribution in [0.25, 0.3) is 0 Å². The number of benzene rings is 1. The summed E-state index contributed by atoms with van der Waals surface area (Å²) in [5.41, 5.74) is -0.533. The Morgan fingerprint density at radius 2 is 1.74 bits per heavy atom. The van der Waals surface area contributed by atoms with Crippen LogP contribution in [0.4, 0.5) is 0 Å². The smallest absolute Gasteiger partial charge is 0.194 e. The average Bonchev–Trinajstić information content (AvgIpc) is 2.56. The summed E-state index contributed by atoms with van der Waals surface area (Å²) >= 11 is 0. The topological polar surface area (TPSA) is 94.5 Å². The van der Waals surface area contributed by atoms with Crippen molar-refractivity contribution in [2.75, 3.05) is 26.4 Å². The second-order valence-electron chi connectivity index (χ2n) is 4.97. The van der Waals surface area contributed by atoms with E-state index in [1.54, 1.807) is 38.1 Å². The maximum Gasteiger partial charge on any atom is 0.194 e. The maximum absolute atomic E-state index is 12.3. The van der Waals surface area contributed by atoms with Gasteiger partial charge in [0.25, 0.3) is 0 Å². The molecule has 128 valence electrons. The van der Waals surface area contributed by atoms with E-state index >= 15 is 0 Å². The lowest BCUT2D eigenvalue weighted by molar-refractivity contribution is -0.253. The molecule has 0 fully saturated rings. The molecule has 1 rings (SSSR count). The lowest BCUT2D eigenvalue weighted by Crippen LogP contribution is -2.36. The molecule has 7 heteroatoms. The maximum atomic E-state index is 12.3. The van der Waals surface area contributed by atoms with Crippen LogP contribution in [-0.2, 0) is 14.5 Å². The minimum absolute atomic E-state index is 0.0648. The van der Waals surface area contributed by atoms with Crippen molar-refractivity contribution in [1.29, 1.82) is 0 Å². The van der Waals surface area contributed by atoms with Crippen LogP contribution in [0.1, 0.15) is 24.2 Å². The van der Waals surface area contributed by atoms with E-state index in [4.69, 9.17) is 19.7 Å². The lowest BCUT2D eigenvalue weighted by atomic mass is 9.96. The number of carbonyl (C=O) groups excluding carboxylic acids is 1. The molecule has 23 heavy (non-hydrogen) atoms. The van der Waals surface area contributed by atoms with Gasteiger partial charge in [0.15, 0.2) is 12.0 Å².